The molecule has 7 heteroatoms. The van der Waals surface area contributed by atoms with E-state index in [0.717, 1.165) is 5.56 Å². The summed E-state index contributed by atoms with van der Waals surface area (Å²) in [5.41, 5.74) is 1.99. The molecule has 1 aromatic heterocycles. The number of nitrogens with zero attached hydrogens (tertiary/aromatic N) is 3. The molecule has 0 fully saturated rings. The van der Waals surface area contributed by atoms with Gasteiger partial charge in [-0.1, -0.05) is 30.3 Å². The number of hydrogen-bond donors (Lipinski definition) is 1. The van der Waals surface area contributed by atoms with E-state index in [1.807, 2.05) is 30.3 Å². The first-order valence-electron chi connectivity index (χ1n) is 8.72. The van der Waals surface area contributed by atoms with E-state index in [9.17, 15) is 4.79 Å². The number of nitrogens with one attached hydrogen (secondary N) is 1. The van der Waals surface area contributed by atoms with Crippen LogP contribution in [-0.4, -0.2) is 42.0 Å². The van der Waals surface area contributed by atoms with Crippen LogP contribution in [0.4, 0.5) is 11.6 Å². The van der Waals surface area contributed by atoms with Gasteiger partial charge in [-0.05, 0) is 23.8 Å². The number of benzene rings is 2. The van der Waals surface area contributed by atoms with Crippen molar-refractivity contribution in [2.75, 3.05) is 26.6 Å². The van der Waals surface area contributed by atoms with Gasteiger partial charge in [-0.2, -0.15) is 0 Å². The highest BCUT2D eigenvalue weighted by Gasteiger charge is 2.15. The molecule has 0 radical (unpaired) electrons. The van der Waals surface area contributed by atoms with Gasteiger partial charge in [-0.25, -0.2) is 9.97 Å². The average Bonchev–Trinajstić information content (AvgIpc) is 2.74. The fraction of sp³-hybridized carbons (Fsp3) is 0.190. The van der Waals surface area contributed by atoms with Crippen LogP contribution in [0.3, 0.4) is 0 Å². The molecule has 1 heterocycles. The minimum absolute atomic E-state index is 0.188. The van der Waals surface area contributed by atoms with E-state index in [1.54, 1.807) is 56.6 Å². The summed E-state index contributed by atoms with van der Waals surface area (Å²) < 4.78 is 10.6. The number of carbonyl (C=O) groups is 1. The molecule has 3 aromatic rings. The maximum Gasteiger partial charge on any atom is 0.272 e. The summed E-state index contributed by atoms with van der Waals surface area (Å²) in [7, 11) is 4.91. The predicted molar refractivity (Wildman–Crippen MR) is 107 cm³/mol. The SMILES string of the molecule is COc1ccc(OC)c(Nc2nccc(C(=O)N(C)Cc3ccccc3)n2)c1. The zero-order valence-corrected chi connectivity index (χ0v) is 16.0. The van der Waals surface area contributed by atoms with E-state index in [2.05, 4.69) is 15.3 Å². The lowest BCUT2D eigenvalue weighted by molar-refractivity contribution is 0.0779. The van der Waals surface area contributed by atoms with Gasteiger partial charge in [-0.15, -0.1) is 0 Å². The second-order valence-electron chi connectivity index (χ2n) is 6.10. The van der Waals surface area contributed by atoms with Crippen molar-refractivity contribution in [3.63, 3.8) is 0 Å². The van der Waals surface area contributed by atoms with Crippen molar-refractivity contribution in [2.45, 2.75) is 6.54 Å². The smallest absolute Gasteiger partial charge is 0.272 e. The van der Waals surface area contributed by atoms with Crippen LogP contribution in [0.5, 0.6) is 11.5 Å². The van der Waals surface area contributed by atoms with Crippen LogP contribution in [0.15, 0.2) is 60.8 Å². The molecule has 0 aliphatic carbocycles. The zero-order valence-electron chi connectivity index (χ0n) is 16.0. The van der Waals surface area contributed by atoms with Gasteiger partial charge in [0, 0.05) is 25.9 Å². The molecule has 0 aliphatic rings. The van der Waals surface area contributed by atoms with Gasteiger partial charge in [0.25, 0.3) is 5.91 Å². The molecule has 0 spiro atoms. The number of hydrogen-bond acceptors (Lipinski definition) is 6. The number of aromatic nitrogens is 2. The third kappa shape index (κ3) is 4.56. The van der Waals surface area contributed by atoms with Crippen molar-refractivity contribution >= 4 is 17.5 Å². The minimum Gasteiger partial charge on any atom is -0.497 e. The molecule has 2 aromatic carbocycles. The van der Waals surface area contributed by atoms with Crippen LogP contribution in [0.1, 0.15) is 16.1 Å². The van der Waals surface area contributed by atoms with E-state index in [0.29, 0.717) is 35.4 Å². The Morgan fingerprint density at radius 2 is 1.86 bits per heavy atom. The Morgan fingerprint density at radius 3 is 2.57 bits per heavy atom. The van der Waals surface area contributed by atoms with Crippen LogP contribution in [0, 0.1) is 0 Å². The van der Waals surface area contributed by atoms with E-state index in [1.165, 1.54) is 0 Å². The molecule has 7 nitrogen and oxygen atoms in total. The Hall–Kier alpha value is -3.61. The summed E-state index contributed by atoms with van der Waals surface area (Å²) >= 11 is 0. The second-order valence-corrected chi connectivity index (χ2v) is 6.10. The van der Waals surface area contributed by atoms with Gasteiger partial charge in [0.15, 0.2) is 0 Å². The van der Waals surface area contributed by atoms with Gasteiger partial charge in [0.05, 0.1) is 19.9 Å². The van der Waals surface area contributed by atoms with Crippen LogP contribution in [0.2, 0.25) is 0 Å². The van der Waals surface area contributed by atoms with Crippen LogP contribution in [-0.2, 0) is 6.54 Å². The molecule has 0 unspecified atom stereocenters. The Kier molecular flexibility index (Phi) is 6.06. The maximum absolute atomic E-state index is 12.7. The average molecular weight is 378 g/mol. The highest BCUT2D eigenvalue weighted by Crippen LogP contribution is 2.30. The standard InChI is InChI=1S/C21H22N4O3/c1-25(14-15-7-5-4-6-8-15)20(26)17-11-12-22-21(23-17)24-18-13-16(27-2)9-10-19(18)28-3/h4-13H,14H2,1-3H3,(H,22,23,24). The van der Waals surface area contributed by atoms with Crippen molar-refractivity contribution in [3.05, 3.63) is 72.1 Å². The number of amides is 1. The molecule has 0 aliphatic heterocycles. The van der Waals surface area contributed by atoms with Crippen molar-refractivity contribution in [1.29, 1.82) is 0 Å². The quantitative estimate of drug-likeness (QED) is 0.678. The minimum atomic E-state index is -0.188. The first kappa shape index (κ1) is 19.2. The molecular formula is C21H22N4O3. The molecular weight excluding hydrogens is 356 g/mol. The third-order valence-corrected chi connectivity index (χ3v) is 4.14. The molecule has 0 saturated carbocycles. The maximum atomic E-state index is 12.7. The summed E-state index contributed by atoms with van der Waals surface area (Å²) in [4.78, 5) is 22.9. The second kappa shape index (κ2) is 8.85. The molecule has 0 bridgehead atoms. The van der Waals surface area contributed by atoms with Gasteiger partial charge < -0.3 is 19.7 Å². The lowest BCUT2D eigenvalue weighted by Crippen LogP contribution is -2.27. The topological polar surface area (TPSA) is 76.6 Å². The van der Waals surface area contributed by atoms with Crippen molar-refractivity contribution < 1.29 is 14.3 Å². The number of methoxy groups -OCH3 is 2. The lowest BCUT2D eigenvalue weighted by atomic mass is 10.2. The van der Waals surface area contributed by atoms with Gasteiger partial charge in [-0.3, -0.25) is 4.79 Å². The van der Waals surface area contributed by atoms with Gasteiger partial charge in [0.1, 0.15) is 17.2 Å². The Labute approximate surface area is 164 Å². The summed E-state index contributed by atoms with van der Waals surface area (Å²) in [6, 6.07) is 16.7. The van der Waals surface area contributed by atoms with Gasteiger partial charge >= 0.3 is 0 Å². The molecule has 28 heavy (non-hydrogen) atoms. The summed E-state index contributed by atoms with van der Waals surface area (Å²) in [6.45, 7) is 0.496. The zero-order chi connectivity index (χ0) is 19.9. The number of carbonyl (C=O) groups excluding carboxylic acids is 1. The molecule has 3 rings (SSSR count). The van der Waals surface area contributed by atoms with Crippen molar-refractivity contribution in [3.8, 4) is 11.5 Å². The number of rotatable bonds is 7. The highest BCUT2D eigenvalue weighted by molar-refractivity contribution is 5.92. The lowest BCUT2D eigenvalue weighted by Gasteiger charge is -2.17. The fourth-order valence-corrected chi connectivity index (χ4v) is 2.69. The number of anilines is 2. The van der Waals surface area contributed by atoms with E-state index >= 15 is 0 Å². The summed E-state index contributed by atoms with van der Waals surface area (Å²) in [6.07, 6.45) is 1.55. The predicted octanol–water partition coefficient (Wildman–Crippen LogP) is 3.51. The Morgan fingerprint density at radius 1 is 1.07 bits per heavy atom. The summed E-state index contributed by atoms with van der Waals surface area (Å²) in [5.74, 6) is 1.39. The third-order valence-electron chi connectivity index (χ3n) is 4.14. The molecule has 0 atom stereocenters. The monoisotopic (exact) mass is 378 g/mol. The Balaban J connectivity index is 1.78. The number of ether oxygens (including phenoxy) is 2. The highest BCUT2D eigenvalue weighted by atomic mass is 16.5. The first-order valence-corrected chi connectivity index (χ1v) is 8.72. The normalized spacial score (nSPS) is 10.2. The van der Waals surface area contributed by atoms with Crippen LogP contribution < -0.4 is 14.8 Å². The molecule has 1 amide bonds. The van der Waals surface area contributed by atoms with E-state index in [4.69, 9.17) is 9.47 Å². The fourth-order valence-electron chi connectivity index (χ4n) is 2.69. The molecule has 0 saturated heterocycles. The van der Waals surface area contributed by atoms with Crippen molar-refractivity contribution in [1.82, 2.24) is 14.9 Å². The van der Waals surface area contributed by atoms with Gasteiger partial charge in [0.2, 0.25) is 5.95 Å². The van der Waals surface area contributed by atoms with E-state index < -0.39 is 0 Å². The first-order chi connectivity index (χ1) is 13.6. The molecule has 144 valence electrons. The van der Waals surface area contributed by atoms with E-state index in [-0.39, 0.29) is 5.91 Å². The molecule has 1 N–H and O–H groups in total. The Bertz CT molecular complexity index is 947. The van der Waals surface area contributed by atoms with Crippen LogP contribution >= 0.6 is 0 Å². The largest absolute Gasteiger partial charge is 0.497 e. The van der Waals surface area contributed by atoms with Crippen LogP contribution in [0.25, 0.3) is 0 Å². The summed E-state index contributed by atoms with van der Waals surface area (Å²) in [5, 5.41) is 3.08. The van der Waals surface area contributed by atoms with Crippen molar-refractivity contribution in [2.24, 2.45) is 0 Å².